The molecule has 19 heavy (non-hydrogen) atoms. The van der Waals surface area contributed by atoms with E-state index in [1.807, 2.05) is 0 Å². The van der Waals surface area contributed by atoms with Gasteiger partial charge in [0.15, 0.2) is 0 Å². The zero-order valence-electron chi connectivity index (χ0n) is 10.2. The van der Waals surface area contributed by atoms with E-state index in [1.54, 1.807) is 0 Å². The summed E-state index contributed by atoms with van der Waals surface area (Å²) in [6.07, 6.45) is 0. The first-order valence-corrected chi connectivity index (χ1v) is 7.40. The smallest absolute Gasteiger partial charge is 0.0136 e. The van der Waals surface area contributed by atoms with Gasteiger partial charge in [0, 0.05) is 3.57 Å². The summed E-state index contributed by atoms with van der Waals surface area (Å²) in [7, 11) is 0. The summed E-state index contributed by atoms with van der Waals surface area (Å²) in [6.45, 7) is 0. The van der Waals surface area contributed by atoms with E-state index in [4.69, 9.17) is 0 Å². The first-order chi connectivity index (χ1) is 9.33. The molecule has 0 saturated carbocycles. The predicted molar refractivity (Wildman–Crippen MR) is 91.7 cm³/mol. The lowest BCUT2D eigenvalue weighted by Crippen LogP contribution is -1.82. The van der Waals surface area contributed by atoms with Gasteiger partial charge in [-0.3, -0.25) is 0 Å². The third-order valence-corrected chi connectivity index (χ3v) is 4.36. The fourth-order valence-electron chi connectivity index (χ4n) is 2.80. The second-order valence-corrected chi connectivity index (χ2v) is 6.06. The lowest BCUT2D eigenvalue weighted by molar-refractivity contribution is 1.73. The van der Waals surface area contributed by atoms with E-state index < -0.39 is 0 Å². The van der Waals surface area contributed by atoms with Gasteiger partial charge in [-0.05, 0) is 67.0 Å². The van der Waals surface area contributed by atoms with Gasteiger partial charge in [0.2, 0.25) is 0 Å². The first-order valence-electron chi connectivity index (χ1n) is 6.33. The molecule has 0 spiro atoms. The van der Waals surface area contributed by atoms with Crippen LogP contribution in [0.25, 0.3) is 32.3 Å². The van der Waals surface area contributed by atoms with Crippen LogP contribution in [-0.2, 0) is 0 Å². The SMILES string of the molecule is Ic1ccc2ccc3ccc4ccccc4c3c2c1. The molecule has 0 bridgehead atoms. The van der Waals surface area contributed by atoms with Crippen molar-refractivity contribution in [1.82, 2.24) is 0 Å². The second kappa shape index (κ2) is 4.20. The van der Waals surface area contributed by atoms with Crippen LogP contribution in [-0.4, -0.2) is 0 Å². The molecule has 0 aliphatic rings. The molecule has 0 unspecified atom stereocenters. The summed E-state index contributed by atoms with van der Waals surface area (Å²) >= 11 is 2.38. The van der Waals surface area contributed by atoms with Crippen molar-refractivity contribution >= 4 is 54.9 Å². The number of benzene rings is 4. The molecule has 0 amide bonds. The number of hydrogen-bond acceptors (Lipinski definition) is 0. The highest BCUT2D eigenvalue weighted by Gasteiger charge is 2.05. The monoisotopic (exact) mass is 354 g/mol. The van der Waals surface area contributed by atoms with Crippen LogP contribution in [0.2, 0.25) is 0 Å². The fraction of sp³-hybridized carbons (Fsp3) is 0. The summed E-state index contributed by atoms with van der Waals surface area (Å²) in [6, 6.07) is 24.1. The van der Waals surface area contributed by atoms with Crippen molar-refractivity contribution in [2.24, 2.45) is 0 Å². The minimum atomic E-state index is 1.28. The molecule has 4 rings (SSSR count). The Balaban J connectivity index is 2.36. The highest BCUT2D eigenvalue weighted by atomic mass is 127. The van der Waals surface area contributed by atoms with E-state index in [0.717, 1.165) is 0 Å². The molecule has 0 nitrogen and oxygen atoms in total. The number of hydrogen-bond donors (Lipinski definition) is 0. The van der Waals surface area contributed by atoms with Crippen molar-refractivity contribution < 1.29 is 0 Å². The topological polar surface area (TPSA) is 0 Å². The Kier molecular flexibility index (Phi) is 2.49. The molecule has 90 valence electrons. The van der Waals surface area contributed by atoms with Gasteiger partial charge in [0.25, 0.3) is 0 Å². The average molecular weight is 354 g/mol. The maximum atomic E-state index is 2.38. The molecule has 4 aromatic rings. The van der Waals surface area contributed by atoms with Gasteiger partial charge < -0.3 is 0 Å². The summed E-state index contributed by atoms with van der Waals surface area (Å²) in [5.41, 5.74) is 0. The Labute approximate surface area is 125 Å². The molecule has 0 N–H and O–H groups in total. The molecule has 0 radical (unpaired) electrons. The van der Waals surface area contributed by atoms with Crippen LogP contribution in [0.1, 0.15) is 0 Å². The molecule has 0 fully saturated rings. The fourth-order valence-corrected chi connectivity index (χ4v) is 3.29. The van der Waals surface area contributed by atoms with Crippen molar-refractivity contribution in [2.45, 2.75) is 0 Å². The van der Waals surface area contributed by atoms with Crippen LogP contribution in [0.4, 0.5) is 0 Å². The van der Waals surface area contributed by atoms with Crippen molar-refractivity contribution in [3.05, 3.63) is 70.3 Å². The Morgan fingerprint density at radius 2 is 1.21 bits per heavy atom. The highest BCUT2D eigenvalue weighted by Crippen LogP contribution is 2.32. The lowest BCUT2D eigenvalue weighted by Gasteiger charge is -2.08. The van der Waals surface area contributed by atoms with Crippen molar-refractivity contribution in [3.63, 3.8) is 0 Å². The van der Waals surface area contributed by atoms with Crippen molar-refractivity contribution in [1.29, 1.82) is 0 Å². The van der Waals surface area contributed by atoms with Gasteiger partial charge in [-0.2, -0.15) is 0 Å². The van der Waals surface area contributed by atoms with Gasteiger partial charge in [-0.25, -0.2) is 0 Å². The molecule has 0 aromatic heterocycles. The predicted octanol–water partition coefficient (Wildman–Crippen LogP) is 5.75. The summed E-state index contributed by atoms with van der Waals surface area (Å²) < 4.78 is 1.28. The van der Waals surface area contributed by atoms with Gasteiger partial charge in [-0.15, -0.1) is 0 Å². The van der Waals surface area contributed by atoms with Crippen LogP contribution in [0.3, 0.4) is 0 Å². The molecule has 0 aliphatic carbocycles. The molecule has 0 heterocycles. The van der Waals surface area contributed by atoms with E-state index in [0.29, 0.717) is 0 Å². The minimum Gasteiger partial charge on any atom is -0.0616 e. The molecular formula is C18H11I. The summed E-state index contributed by atoms with van der Waals surface area (Å²) in [4.78, 5) is 0. The Bertz CT molecular complexity index is 917. The third-order valence-electron chi connectivity index (χ3n) is 3.69. The Morgan fingerprint density at radius 1 is 0.579 bits per heavy atom. The van der Waals surface area contributed by atoms with Gasteiger partial charge >= 0.3 is 0 Å². The number of fused-ring (bicyclic) bond motifs is 5. The average Bonchev–Trinajstić information content (AvgIpc) is 2.46. The van der Waals surface area contributed by atoms with Crippen LogP contribution >= 0.6 is 22.6 Å². The van der Waals surface area contributed by atoms with E-state index in [9.17, 15) is 0 Å². The normalized spacial score (nSPS) is 11.4. The Morgan fingerprint density at radius 3 is 2.05 bits per heavy atom. The molecule has 4 aromatic carbocycles. The molecule has 0 aliphatic heterocycles. The first kappa shape index (κ1) is 11.2. The van der Waals surface area contributed by atoms with Gasteiger partial charge in [0.05, 0.1) is 0 Å². The van der Waals surface area contributed by atoms with Gasteiger partial charge in [0.1, 0.15) is 0 Å². The standard InChI is InChI=1S/C18H11I/c19-15-10-9-13-6-8-14-7-5-12-3-1-2-4-16(12)18(14)17(13)11-15/h1-11H. The Hall–Kier alpha value is -1.61. The van der Waals surface area contributed by atoms with Crippen LogP contribution in [0.15, 0.2) is 66.7 Å². The van der Waals surface area contributed by atoms with Gasteiger partial charge in [-0.1, -0.05) is 54.6 Å². The quantitative estimate of drug-likeness (QED) is 0.279. The number of rotatable bonds is 0. The van der Waals surface area contributed by atoms with E-state index >= 15 is 0 Å². The summed E-state index contributed by atoms with van der Waals surface area (Å²) in [5, 5.41) is 7.99. The van der Waals surface area contributed by atoms with Crippen LogP contribution in [0, 0.1) is 3.57 Å². The second-order valence-electron chi connectivity index (χ2n) is 4.82. The molecule has 1 heteroatoms. The maximum absolute atomic E-state index is 2.38. The minimum absolute atomic E-state index is 1.28. The van der Waals surface area contributed by atoms with Crippen LogP contribution in [0.5, 0.6) is 0 Å². The van der Waals surface area contributed by atoms with Crippen molar-refractivity contribution in [3.8, 4) is 0 Å². The van der Waals surface area contributed by atoms with E-state index in [1.165, 1.54) is 35.9 Å². The van der Waals surface area contributed by atoms with E-state index in [-0.39, 0.29) is 0 Å². The highest BCUT2D eigenvalue weighted by molar-refractivity contribution is 14.1. The lowest BCUT2D eigenvalue weighted by atomic mass is 9.97. The number of halogens is 1. The zero-order chi connectivity index (χ0) is 12.8. The molecular weight excluding hydrogens is 343 g/mol. The maximum Gasteiger partial charge on any atom is 0.0136 e. The molecule has 0 saturated heterocycles. The van der Waals surface area contributed by atoms with Crippen LogP contribution < -0.4 is 0 Å². The third kappa shape index (κ3) is 1.72. The molecule has 0 atom stereocenters. The largest absolute Gasteiger partial charge is 0.0616 e. The van der Waals surface area contributed by atoms with Crippen molar-refractivity contribution in [2.75, 3.05) is 0 Å². The summed E-state index contributed by atoms with van der Waals surface area (Å²) in [5.74, 6) is 0. The zero-order valence-corrected chi connectivity index (χ0v) is 12.4. The van der Waals surface area contributed by atoms with E-state index in [2.05, 4.69) is 89.3 Å².